The lowest BCUT2D eigenvalue weighted by molar-refractivity contribution is -0.152. The van der Waals surface area contributed by atoms with Gasteiger partial charge in [-0.2, -0.15) is 5.10 Å². The fourth-order valence-electron chi connectivity index (χ4n) is 4.37. The molecule has 0 spiro atoms. The van der Waals surface area contributed by atoms with Crippen molar-refractivity contribution >= 4 is 58.5 Å². The molecule has 3 rings (SSSR count). The van der Waals surface area contributed by atoms with Crippen molar-refractivity contribution in [1.82, 2.24) is 30.8 Å². The quantitative estimate of drug-likeness (QED) is 0.161. The number of carbonyl (C=O) groups is 4. The Bertz CT molecular complexity index is 1390. The van der Waals surface area contributed by atoms with Gasteiger partial charge in [0.15, 0.2) is 0 Å². The summed E-state index contributed by atoms with van der Waals surface area (Å²) in [6.45, 7) is 6.67. The van der Waals surface area contributed by atoms with Gasteiger partial charge in [-0.25, -0.2) is 5.43 Å². The summed E-state index contributed by atoms with van der Waals surface area (Å²) < 4.78 is 4.88. The molecule has 3 atom stereocenters. The van der Waals surface area contributed by atoms with Crippen molar-refractivity contribution in [1.29, 1.82) is 0 Å². The molecule has 0 unspecified atom stereocenters. The van der Waals surface area contributed by atoms with Gasteiger partial charge in [0.2, 0.25) is 9.70 Å². The summed E-state index contributed by atoms with van der Waals surface area (Å²) in [6.07, 6.45) is 3.85. The van der Waals surface area contributed by atoms with E-state index in [2.05, 4.69) is 21.2 Å². The number of benzene rings is 1. The number of allylic oxidation sites excluding steroid dienone is 1. The van der Waals surface area contributed by atoms with Crippen molar-refractivity contribution in [3.8, 4) is 11.1 Å². The standard InChI is InChI=1S/C29H37Cl3N6O6/c1-17(2)25(35-24(40)10-12-37-15-22(14-33-37)21-8-5-7-20(13-21)19(4)39)26(41)34-18(3)27(42)38-11-6-9-23(36-38)28(43)44-16-29(30,31)32/h5,7-8,13-15,18-19,23,36,39H,6,9-12,16H2,1-4H3,(H,34,41)(H,35,40)/t18-,19+,23-/m0/s1. The molecule has 0 radical (unpaired) electrons. The highest BCUT2D eigenvalue weighted by Gasteiger charge is 2.33. The highest BCUT2D eigenvalue weighted by atomic mass is 35.6. The zero-order valence-electron chi connectivity index (χ0n) is 24.9. The molecule has 1 aliphatic heterocycles. The van der Waals surface area contributed by atoms with Crippen molar-refractivity contribution in [3.05, 3.63) is 53.5 Å². The molecular weight excluding hydrogens is 635 g/mol. The summed E-state index contributed by atoms with van der Waals surface area (Å²) in [7, 11) is 0. The molecule has 2 heterocycles. The molecule has 240 valence electrons. The molecule has 15 heteroatoms. The van der Waals surface area contributed by atoms with Crippen LogP contribution in [0.5, 0.6) is 0 Å². The van der Waals surface area contributed by atoms with E-state index in [1.165, 1.54) is 11.9 Å². The number of amides is 3. The van der Waals surface area contributed by atoms with Crippen LogP contribution >= 0.6 is 34.8 Å². The summed E-state index contributed by atoms with van der Waals surface area (Å²) in [5.74, 6) is -2.19. The number of carbonyl (C=O) groups excluding carboxylic acids is 4. The summed E-state index contributed by atoms with van der Waals surface area (Å²) in [5.41, 5.74) is 5.90. The van der Waals surface area contributed by atoms with E-state index in [1.807, 2.05) is 24.3 Å². The van der Waals surface area contributed by atoms with Crippen LogP contribution in [-0.2, 0) is 30.5 Å². The Morgan fingerprint density at radius 3 is 2.57 bits per heavy atom. The van der Waals surface area contributed by atoms with Crippen LogP contribution < -0.4 is 16.1 Å². The van der Waals surface area contributed by atoms with Gasteiger partial charge in [-0.15, -0.1) is 0 Å². The fraction of sp³-hybridized carbons (Fsp3) is 0.483. The lowest BCUT2D eigenvalue weighted by Gasteiger charge is -2.34. The number of nitrogens with one attached hydrogen (secondary N) is 3. The first-order valence-electron chi connectivity index (χ1n) is 14.0. The number of aliphatic hydroxyl groups excluding tert-OH is 1. The normalized spacial score (nSPS) is 16.5. The molecule has 1 saturated heterocycles. The van der Waals surface area contributed by atoms with Crippen molar-refractivity contribution in [2.24, 2.45) is 0 Å². The van der Waals surface area contributed by atoms with Crippen molar-refractivity contribution in [2.45, 2.75) is 75.5 Å². The Morgan fingerprint density at radius 2 is 1.91 bits per heavy atom. The van der Waals surface area contributed by atoms with Crippen LogP contribution in [-0.4, -0.2) is 72.6 Å². The first-order chi connectivity index (χ1) is 20.6. The second-order valence-corrected chi connectivity index (χ2v) is 13.2. The van der Waals surface area contributed by atoms with Gasteiger partial charge < -0.3 is 20.5 Å². The maximum absolute atomic E-state index is 13.1. The van der Waals surface area contributed by atoms with E-state index in [-0.39, 0.29) is 18.7 Å². The zero-order chi connectivity index (χ0) is 32.6. The number of halogens is 3. The topological polar surface area (TPSA) is 155 Å². The minimum atomic E-state index is -1.76. The third kappa shape index (κ3) is 10.5. The summed E-state index contributed by atoms with van der Waals surface area (Å²) in [6, 6.07) is 5.69. The van der Waals surface area contributed by atoms with Crippen LogP contribution in [0.4, 0.5) is 0 Å². The summed E-state index contributed by atoms with van der Waals surface area (Å²) in [4.78, 5) is 51.2. The number of aromatic nitrogens is 2. The lowest BCUT2D eigenvalue weighted by atomic mass is 10.0. The van der Waals surface area contributed by atoms with Gasteiger partial charge in [-0.1, -0.05) is 53.0 Å². The minimum Gasteiger partial charge on any atom is -0.460 e. The van der Waals surface area contributed by atoms with Gasteiger partial charge in [0.25, 0.3) is 11.8 Å². The van der Waals surface area contributed by atoms with Gasteiger partial charge in [0.05, 0.1) is 12.3 Å². The van der Waals surface area contributed by atoms with Crippen molar-refractivity contribution < 1.29 is 29.0 Å². The molecule has 1 fully saturated rings. The highest BCUT2D eigenvalue weighted by molar-refractivity contribution is 6.67. The van der Waals surface area contributed by atoms with Crippen LogP contribution in [0.3, 0.4) is 0 Å². The number of nitrogens with zero attached hydrogens (tertiary/aromatic N) is 3. The van der Waals surface area contributed by atoms with E-state index in [0.717, 1.165) is 16.7 Å². The minimum absolute atomic E-state index is 0.0329. The maximum Gasteiger partial charge on any atom is 0.325 e. The highest BCUT2D eigenvalue weighted by Crippen LogP contribution is 2.26. The smallest absolute Gasteiger partial charge is 0.325 e. The van der Waals surface area contributed by atoms with Crippen molar-refractivity contribution in [2.75, 3.05) is 13.2 Å². The third-order valence-electron chi connectivity index (χ3n) is 6.73. The second kappa shape index (κ2) is 15.7. The van der Waals surface area contributed by atoms with Gasteiger partial charge in [0.1, 0.15) is 24.4 Å². The van der Waals surface area contributed by atoms with Crippen LogP contribution in [0.25, 0.3) is 11.1 Å². The third-order valence-corrected chi connectivity index (χ3v) is 7.06. The Balaban J connectivity index is 1.52. The first-order valence-corrected chi connectivity index (χ1v) is 15.2. The van der Waals surface area contributed by atoms with Crippen LogP contribution in [0.15, 0.2) is 47.9 Å². The SMILES string of the molecule is CC(C)=C(NC(=O)CCn1cc(-c2cccc([C@@H](C)O)c2)cn1)C(=O)N[C@@H](C)C(=O)N1CCC[C@@H](C(=O)OCC(Cl)(Cl)Cl)N1. The number of hydrazine groups is 1. The van der Waals surface area contributed by atoms with Gasteiger partial charge in [0, 0.05) is 31.3 Å². The number of hydrogen-bond donors (Lipinski definition) is 4. The molecule has 1 aliphatic rings. The number of aryl methyl sites for hydroxylation is 1. The van der Waals surface area contributed by atoms with Crippen LogP contribution in [0, 0.1) is 0 Å². The molecule has 4 N–H and O–H groups in total. The van der Waals surface area contributed by atoms with E-state index in [0.29, 0.717) is 25.0 Å². The fourth-order valence-corrected chi connectivity index (χ4v) is 4.54. The number of hydrogen-bond acceptors (Lipinski definition) is 8. The molecule has 12 nitrogen and oxygen atoms in total. The molecule has 0 aliphatic carbocycles. The summed E-state index contributed by atoms with van der Waals surface area (Å²) >= 11 is 16.9. The van der Waals surface area contributed by atoms with E-state index >= 15 is 0 Å². The van der Waals surface area contributed by atoms with E-state index < -0.39 is 52.3 Å². The molecule has 0 bridgehead atoms. The largest absolute Gasteiger partial charge is 0.460 e. The van der Waals surface area contributed by atoms with E-state index in [4.69, 9.17) is 39.5 Å². The monoisotopic (exact) mass is 670 g/mol. The number of ether oxygens (including phenoxy) is 1. The predicted octanol–water partition coefficient (Wildman–Crippen LogP) is 3.32. The number of aliphatic hydroxyl groups is 1. The van der Waals surface area contributed by atoms with Gasteiger partial charge in [-0.3, -0.25) is 28.9 Å². The van der Waals surface area contributed by atoms with E-state index in [1.54, 1.807) is 37.8 Å². The molecule has 3 amide bonds. The number of esters is 1. The molecule has 0 saturated carbocycles. The zero-order valence-corrected chi connectivity index (χ0v) is 27.2. The Labute approximate surface area is 271 Å². The average molecular weight is 672 g/mol. The Hall–Kier alpha value is -3.16. The van der Waals surface area contributed by atoms with Crippen molar-refractivity contribution in [3.63, 3.8) is 0 Å². The molecule has 44 heavy (non-hydrogen) atoms. The Kier molecular flexibility index (Phi) is 12.6. The predicted molar refractivity (Wildman–Crippen MR) is 166 cm³/mol. The van der Waals surface area contributed by atoms with Gasteiger partial charge in [-0.05, 0) is 63.3 Å². The molecule has 1 aromatic heterocycles. The molecular formula is C29H37Cl3N6O6. The van der Waals surface area contributed by atoms with Gasteiger partial charge >= 0.3 is 5.97 Å². The lowest BCUT2D eigenvalue weighted by Crippen LogP contribution is -2.59. The maximum atomic E-state index is 13.1. The van der Waals surface area contributed by atoms with Crippen LogP contribution in [0.2, 0.25) is 0 Å². The molecule has 2 aromatic rings. The summed E-state index contributed by atoms with van der Waals surface area (Å²) in [5, 5.41) is 20.7. The molecule has 1 aromatic carbocycles. The second-order valence-electron chi connectivity index (χ2n) is 10.7. The number of rotatable bonds is 11. The number of alkyl halides is 3. The Morgan fingerprint density at radius 1 is 1.18 bits per heavy atom. The average Bonchev–Trinajstić information content (AvgIpc) is 3.46. The van der Waals surface area contributed by atoms with Crippen LogP contribution in [0.1, 0.15) is 58.6 Å². The first kappa shape index (κ1) is 35.3. The van der Waals surface area contributed by atoms with E-state index in [9.17, 15) is 24.3 Å².